The molecule has 1 aromatic heterocycles. The minimum atomic E-state index is -4.65. The number of hydrogen-bond acceptors (Lipinski definition) is 6. The Bertz CT molecular complexity index is 1420. The van der Waals surface area contributed by atoms with Gasteiger partial charge in [0.2, 0.25) is 18.0 Å². The average molecular weight is 545 g/mol. The Morgan fingerprint density at radius 2 is 1.87 bits per heavy atom. The van der Waals surface area contributed by atoms with Crippen LogP contribution in [0, 0.1) is 18.7 Å². The number of aryl methyl sites for hydroxylation is 1. The molecule has 3 atom stereocenters. The number of primary amides is 1. The zero-order valence-corrected chi connectivity index (χ0v) is 20.5. The van der Waals surface area contributed by atoms with Gasteiger partial charge in [-0.2, -0.15) is 13.2 Å². The lowest BCUT2D eigenvalue weighted by Crippen LogP contribution is -2.47. The van der Waals surface area contributed by atoms with Gasteiger partial charge in [0.05, 0.1) is 28.9 Å². The van der Waals surface area contributed by atoms with Gasteiger partial charge in [-0.3, -0.25) is 14.4 Å². The van der Waals surface area contributed by atoms with Gasteiger partial charge in [-0.1, -0.05) is 47.6 Å². The Morgan fingerprint density at radius 3 is 2.49 bits per heavy atom. The molecular weight excluding hydrogens is 522 g/mol. The number of carbonyl (C=O) groups excluding carboxylic acids is 3. The second-order valence-electron chi connectivity index (χ2n) is 8.90. The highest BCUT2D eigenvalue weighted by Gasteiger charge is 2.41. The van der Waals surface area contributed by atoms with Gasteiger partial charge in [0.15, 0.2) is 0 Å². The van der Waals surface area contributed by atoms with Crippen molar-refractivity contribution in [1.82, 2.24) is 10.5 Å². The molecule has 0 saturated heterocycles. The van der Waals surface area contributed by atoms with E-state index in [9.17, 15) is 31.9 Å². The molecule has 13 heteroatoms. The number of nitrogens with one attached hydrogen (secondary N) is 2. The lowest BCUT2D eigenvalue weighted by Gasteiger charge is -2.25. The molecule has 2 aromatic carbocycles. The lowest BCUT2D eigenvalue weighted by molar-refractivity contribution is -0.144. The van der Waals surface area contributed by atoms with Crippen molar-refractivity contribution in [1.29, 1.82) is 0 Å². The highest BCUT2D eigenvalue weighted by atomic mass is 19.4. The summed E-state index contributed by atoms with van der Waals surface area (Å²) in [5, 5.41) is 8.35. The summed E-state index contributed by atoms with van der Waals surface area (Å²) < 4.78 is 59.0. The van der Waals surface area contributed by atoms with Gasteiger partial charge < -0.3 is 20.9 Å². The molecule has 4 rings (SSSR count). The minimum Gasteiger partial charge on any atom is -0.369 e. The first-order valence-electron chi connectivity index (χ1n) is 11.8. The third-order valence-electron chi connectivity index (χ3n) is 6.26. The fourth-order valence-electron chi connectivity index (χ4n) is 4.40. The summed E-state index contributed by atoms with van der Waals surface area (Å²) in [5.41, 5.74) is 6.41. The van der Waals surface area contributed by atoms with Crippen LogP contribution >= 0.6 is 0 Å². The summed E-state index contributed by atoms with van der Waals surface area (Å²) in [6.07, 6.45) is -7.54. The van der Waals surface area contributed by atoms with Crippen molar-refractivity contribution < 1.29 is 36.5 Å². The smallest absolute Gasteiger partial charge is 0.369 e. The maximum atomic E-state index is 14.7. The fourth-order valence-corrected chi connectivity index (χ4v) is 4.40. The molecule has 0 unspecified atom stereocenters. The minimum absolute atomic E-state index is 0.0399. The number of nitrogens with zero attached hydrogens (tertiary/aromatic N) is 2. The highest BCUT2D eigenvalue weighted by Crippen LogP contribution is 2.34. The Hall–Kier alpha value is -4.55. The van der Waals surface area contributed by atoms with Crippen molar-refractivity contribution in [3.63, 3.8) is 0 Å². The molecule has 3 aromatic rings. The van der Waals surface area contributed by atoms with Crippen LogP contribution in [-0.4, -0.2) is 40.9 Å². The molecule has 4 N–H and O–H groups in total. The van der Waals surface area contributed by atoms with Crippen molar-refractivity contribution >= 4 is 29.1 Å². The summed E-state index contributed by atoms with van der Waals surface area (Å²) in [6.45, 7) is 1.44. The van der Waals surface area contributed by atoms with Crippen molar-refractivity contribution in [3.8, 4) is 0 Å². The monoisotopic (exact) mass is 545 g/mol. The number of para-hydroxylation sites is 1. The number of alkyl halides is 3. The Balaban J connectivity index is 1.74. The Morgan fingerprint density at radius 1 is 1.15 bits per heavy atom. The van der Waals surface area contributed by atoms with E-state index in [-0.39, 0.29) is 28.2 Å². The van der Waals surface area contributed by atoms with E-state index >= 15 is 0 Å². The number of anilines is 1. The lowest BCUT2D eigenvalue weighted by atomic mass is 9.82. The maximum Gasteiger partial charge on any atom is 0.389 e. The number of aliphatic imine (C=N–C) groups is 1. The van der Waals surface area contributed by atoms with E-state index < -0.39 is 60.6 Å². The fraction of sp³-hybridized carbons (Fsp3) is 0.269. The summed E-state index contributed by atoms with van der Waals surface area (Å²) in [4.78, 5) is 43.3. The van der Waals surface area contributed by atoms with E-state index in [1.54, 1.807) is 30.3 Å². The SMILES string of the molecule is Cc1nocc1[C@H](C(N)=O)[C@@H](CCC(F)(F)F)C(=O)N[C@H]1N=C(c2ccccc2)c2cccc(F)c2NC1=O. The molecule has 0 spiro atoms. The van der Waals surface area contributed by atoms with Gasteiger partial charge in [0.25, 0.3) is 5.91 Å². The highest BCUT2D eigenvalue weighted by molar-refractivity contribution is 6.20. The van der Waals surface area contributed by atoms with Crippen LogP contribution in [0.15, 0.2) is 64.3 Å². The molecule has 39 heavy (non-hydrogen) atoms. The number of aromatic nitrogens is 1. The van der Waals surface area contributed by atoms with E-state index in [0.29, 0.717) is 5.56 Å². The molecule has 0 radical (unpaired) electrons. The molecular formula is C26H23F4N5O4. The van der Waals surface area contributed by atoms with Crippen LogP contribution < -0.4 is 16.4 Å². The molecule has 2 heterocycles. The van der Waals surface area contributed by atoms with Gasteiger partial charge in [-0.15, -0.1) is 0 Å². The Kier molecular flexibility index (Phi) is 7.79. The quantitative estimate of drug-likeness (QED) is 0.371. The van der Waals surface area contributed by atoms with Gasteiger partial charge >= 0.3 is 6.18 Å². The predicted octanol–water partition coefficient (Wildman–Crippen LogP) is 3.58. The molecule has 0 aliphatic carbocycles. The number of halogens is 4. The van der Waals surface area contributed by atoms with Crippen molar-refractivity contribution in [2.75, 3.05) is 5.32 Å². The van der Waals surface area contributed by atoms with Crippen LogP contribution in [0.3, 0.4) is 0 Å². The van der Waals surface area contributed by atoms with Gasteiger partial charge in [0, 0.05) is 23.1 Å². The first-order valence-corrected chi connectivity index (χ1v) is 11.8. The third-order valence-corrected chi connectivity index (χ3v) is 6.26. The van der Waals surface area contributed by atoms with E-state index in [0.717, 1.165) is 12.3 Å². The van der Waals surface area contributed by atoms with E-state index in [1.165, 1.54) is 19.1 Å². The van der Waals surface area contributed by atoms with E-state index in [1.807, 2.05) is 0 Å². The summed E-state index contributed by atoms with van der Waals surface area (Å²) in [7, 11) is 0. The number of carbonyl (C=O) groups is 3. The van der Waals surface area contributed by atoms with Crippen molar-refractivity contribution in [2.24, 2.45) is 16.6 Å². The zero-order chi connectivity index (χ0) is 28.3. The molecule has 3 amide bonds. The molecule has 1 aliphatic heterocycles. The van der Waals surface area contributed by atoms with Crippen LogP contribution in [0.4, 0.5) is 23.2 Å². The number of benzodiazepines with no additional fused rings is 1. The maximum absolute atomic E-state index is 14.7. The molecule has 0 fully saturated rings. The first kappa shape index (κ1) is 27.5. The van der Waals surface area contributed by atoms with E-state index in [4.69, 9.17) is 10.3 Å². The Labute approximate surface area is 219 Å². The molecule has 0 bridgehead atoms. The summed E-state index contributed by atoms with van der Waals surface area (Å²) >= 11 is 0. The van der Waals surface area contributed by atoms with Crippen molar-refractivity contribution in [3.05, 3.63) is 83.0 Å². The van der Waals surface area contributed by atoms with Crippen LogP contribution in [0.1, 0.15) is 41.1 Å². The molecule has 1 aliphatic rings. The number of amides is 3. The van der Waals surface area contributed by atoms with Gasteiger partial charge in [-0.25, -0.2) is 9.38 Å². The normalized spacial score (nSPS) is 16.8. The number of rotatable bonds is 8. The van der Waals surface area contributed by atoms with Gasteiger partial charge in [-0.05, 0) is 19.4 Å². The second-order valence-corrected chi connectivity index (χ2v) is 8.90. The van der Waals surface area contributed by atoms with Crippen LogP contribution in [-0.2, 0) is 14.4 Å². The predicted molar refractivity (Wildman–Crippen MR) is 131 cm³/mol. The average Bonchev–Trinajstić information content (AvgIpc) is 3.23. The number of benzene rings is 2. The molecule has 204 valence electrons. The van der Waals surface area contributed by atoms with E-state index in [2.05, 4.69) is 20.8 Å². The second kappa shape index (κ2) is 11.1. The summed E-state index contributed by atoms with van der Waals surface area (Å²) in [5.74, 6) is -7.07. The largest absolute Gasteiger partial charge is 0.389 e. The van der Waals surface area contributed by atoms with Gasteiger partial charge in [0.1, 0.15) is 12.1 Å². The third kappa shape index (κ3) is 6.13. The molecule has 0 saturated carbocycles. The number of fused-ring (bicyclic) bond motifs is 1. The van der Waals surface area contributed by atoms with Crippen molar-refractivity contribution in [2.45, 2.75) is 38.0 Å². The topological polar surface area (TPSA) is 140 Å². The van der Waals surface area contributed by atoms with Crippen LogP contribution in [0.5, 0.6) is 0 Å². The molecule has 9 nitrogen and oxygen atoms in total. The van der Waals surface area contributed by atoms with Crippen LogP contribution in [0.2, 0.25) is 0 Å². The standard InChI is InChI=1S/C26H23F4N5O4/c1-13-17(12-39-35-13)19(22(31)36)15(10-11-26(28,29)30)24(37)34-23-25(38)33-21-16(8-5-9-18(21)27)20(32-23)14-6-3-2-4-7-14/h2-9,12,15,19,23H,10-11H2,1H3,(H2,31,36)(H,33,38)(H,34,37)/t15-,19-,23-/m1/s1. The summed E-state index contributed by atoms with van der Waals surface area (Å²) in [6, 6.07) is 12.5. The first-order chi connectivity index (χ1) is 18.5. The zero-order valence-electron chi connectivity index (χ0n) is 20.5. The number of hydrogen-bond donors (Lipinski definition) is 3. The number of nitrogens with two attached hydrogens (primary N) is 1. The van der Waals surface area contributed by atoms with Crippen LogP contribution in [0.25, 0.3) is 0 Å².